The number of nitro groups is 1. The highest BCUT2D eigenvalue weighted by Gasteiger charge is 2.21. The van der Waals surface area contributed by atoms with E-state index in [1.54, 1.807) is 13.0 Å². The molecule has 2 aromatic rings. The van der Waals surface area contributed by atoms with Crippen molar-refractivity contribution in [3.63, 3.8) is 0 Å². The Hall–Kier alpha value is -2.60. The highest BCUT2D eigenvalue weighted by atomic mass is 35.5. The van der Waals surface area contributed by atoms with Crippen LogP contribution in [0.15, 0.2) is 36.4 Å². The zero-order valence-corrected chi connectivity index (χ0v) is 11.7. The van der Waals surface area contributed by atoms with Crippen molar-refractivity contribution in [1.82, 2.24) is 0 Å². The Bertz CT molecular complexity index is 731. The first kappa shape index (κ1) is 14.8. The average molecular weight is 307 g/mol. The van der Waals surface area contributed by atoms with Crippen LogP contribution >= 0.6 is 11.6 Å². The molecule has 0 atom stereocenters. The summed E-state index contributed by atoms with van der Waals surface area (Å²) in [5.74, 6) is -0.808. The summed E-state index contributed by atoms with van der Waals surface area (Å²) in [6.45, 7) is 1.79. The molecule has 0 radical (unpaired) electrons. The van der Waals surface area contributed by atoms with Gasteiger partial charge in [0.15, 0.2) is 0 Å². The van der Waals surface area contributed by atoms with Crippen LogP contribution in [0.5, 0.6) is 5.75 Å². The van der Waals surface area contributed by atoms with Gasteiger partial charge in [0.05, 0.1) is 10.6 Å². The van der Waals surface area contributed by atoms with E-state index in [4.69, 9.17) is 11.6 Å². The second-order valence-corrected chi connectivity index (χ2v) is 4.83. The van der Waals surface area contributed by atoms with Gasteiger partial charge in [-0.1, -0.05) is 17.7 Å². The fourth-order valence-electron chi connectivity index (χ4n) is 1.78. The number of nitro benzene ring substituents is 1. The standard InChI is InChI=1S/C14H11ClN2O4/c1-8-2-5-11(13(18)6-8)16-14(19)10-4-3-9(15)7-12(10)17(20)21/h2-7,18H,1H3,(H,16,19). The zero-order chi connectivity index (χ0) is 15.6. The van der Waals surface area contributed by atoms with Gasteiger partial charge in [-0.05, 0) is 36.8 Å². The van der Waals surface area contributed by atoms with Crippen molar-refractivity contribution in [2.24, 2.45) is 0 Å². The molecule has 0 spiro atoms. The van der Waals surface area contributed by atoms with Gasteiger partial charge in [0.1, 0.15) is 11.3 Å². The smallest absolute Gasteiger partial charge is 0.283 e. The van der Waals surface area contributed by atoms with Crippen molar-refractivity contribution >= 4 is 28.9 Å². The predicted octanol–water partition coefficient (Wildman–Crippen LogP) is 3.51. The van der Waals surface area contributed by atoms with E-state index in [0.29, 0.717) is 0 Å². The second-order valence-electron chi connectivity index (χ2n) is 4.39. The van der Waals surface area contributed by atoms with E-state index in [0.717, 1.165) is 11.6 Å². The zero-order valence-electron chi connectivity index (χ0n) is 11.0. The summed E-state index contributed by atoms with van der Waals surface area (Å²) in [6.07, 6.45) is 0. The lowest BCUT2D eigenvalue weighted by Gasteiger charge is -2.08. The minimum Gasteiger partial charge on any atom is -0.506 e. The molecule has 2 N–H and O–H groups in total. The van der Waals surface area contributed by atoms with Crippen LogP contribution in [0.3, 0.4) is 0 Å². The van der Waals surface area contributed by atoms with Gasteiger partial charge in [0.2, 0.25) is 0 Å². The fraction of sp³-hybridized carbons (Fsp3) is 0.0714. The Morgan fingerprint density at radius 3 is 2.62 bits per heavy atom. The van der Waals surface area contributed by atoms with Crippen molar-refractivity contribution in [3.8, 4) is 5.75 Å². The number of benzene rings is 2. The number of aryl methyl sites for hydroxylation is 1. The molecule has 0 aromatic heterocycles. The molecule has 0 unspecified atom stereocenters. The van der Waals surface area contributed by atoms with E-state index in [1.807, 2.05) is 0 Å². The van der Waals surface area contributed by atoms with Crippen LogP contribution in [-0.2, 0) is 0 Å². The lowest BCUT2D eigenvalue weighted by molar-refractivity contribution is -0.385. The van der Waals surface area contributed by atoms with Crippen LogP contribution in [0, 0.1) is 17.0 Å². The van der Waals surface area contributed by atoms with Crippen LogP contribution in [0.2, 0.25) is 5.02 Å². The highest BCUT2D eigenvalue weighted by Crippen LogP contribution is 2.27. The summed E-state index contributed by atoms with van der Waals surface area (Å²) < 4.78 is 0. The topological polar surface area (TPSA) is 92.5 Å². The molecule has 108 valence electrons. The summed E-state index contributed by atoms with van der Waals surface area (Å²) in [5, 5.41) is 23.3. The second kappa shape index (κ2) is 5.80. The number of aromatic hydroxyl groups is 1. The number of phenolic OH excluding ortho intramolecular Hbond substituents is 1. The van der Waals surface area contributed by atoms with Gasteiger partial charge in [0.25, 0.3) is 11.6 Å². The van der Waals surface area contributed by atoms with Crippen molar-refractivity contribution in [2.75, 3.05) is 5.32 Å². The molecule has 0 aliphatic rings. The van der Waals surface area contributed by atoms with E-state index in [-0.39, 0.29) is 22.0 Å². The monoisotopic (exact) mass is 306 g/mol. The molecule has 0 aliphatic carbocycles. The number of nitrogens with zero attached hydrogens (tertiary/aromatic N) is 1. The summed E-state index contributed by atoms with van der Waals surface area (Å²) in [7, 11) is 0. The maximum absolute atomic E-state index is 12.1. The molecule has 7 heteroatoms. The summed E-state index contributed by atoms with van der Waals surface area (Å²) in [6, 6.07) is 8.45. The van der Waals surface area contributed by atoms with Crippen LogP contribution in [0.1, 0.15) is 15.9 Å². The Morgan fingerprint density at radius 2 is 2.00 bits per heavy atom. The fourth-order valence-corrected chi connectivity index (χ4v) is 1.95. The number of rotatable bonds is 3. The quantitative estimate of drug-likeness (QED) is 0.515. The number of carbonyl (C=O) groups is 1. The molecule has 1 amide bonds. The van der Waals surface area contributed by atoms with Crippen LogP contribution in [0.4, 0.5) is 11.4 Å². The minimum atomic E-state index is -0.697. The molecular formula is C14H11ClN2O4. The molecular weight excluding hydrogens is 296 g/mol. The molecule has 21 heavy (non-hydrogen) atoms. The molecule has 0 fully saturated rings. The average Bonchev–Trinajstić information content (AvgIpc) is 2.41. The van der Waals surface area contributed by atoms with E-state index < -0.39 is 16.5 Å². The molecule has 0 saturated heterocycles. The van der Waals surface area contributed by atoms with Crippen LogP contribution in [-0.4, -0.2) is 15.9 Å². The van der Waals surface area contributed by atoms with Gasteiger partial charge in [-0.2, -0.15) is 0 Å². The third kappa shape index (κ3) is 3.29. The highest BCUT2D eigenvalue weighted by molar-refractivity contribution is 6.31. The molecule has 0 saturated carbocycles. The van der Waals surface area contributed by atoms with Crippen LogP contribution in [0.25, 0.3) is 0 Å². The maximum Gasteiger partial charge on any atom is 0.283 e. The number of hydrogen-bond donors (Lipinski definition) is 2. The Labute approximate surface area is 125 Å². The number of anilines is 1. The molecule has 2 aromatic carbocycles. The van der Waals surface area contributed by atoms with Crippen molar-refractivity contribution < 1.29 is 14.8 Å². The summed E-state index contributed by atoms with van der Waals surface area (Å²) in [4.78, 5) is 22.4. The van der Waals surface area contributed by atoms with Gasteiger partial charge in [0, 0.05) is 11.1 Å². The Kier molecular flexibility index (Phi) is 4.09. The Morgan fingerprint density at radius 1 is 1.29 bits per heavy atom. The molecule has 2 rings (SSSR count). The normalized spacial score (nSPS) is 10.2. The number of carbonyl (C=O) groups excluding carboxylic acids is 1. The third-order valence-corrected chi connectivity index (χ3v) is 3.04. The number of phenols is 1. The van der Waals surface area contributed by atoms with Crippen molar-refractivity contribution in [1.29, 1.82) is 0 Å². The molecule has 0 bridgehead atoms. The lowest BCUT2D eigenvalue weighted by atomic mass is 10.1. The number of nitrogens with one attached hydrogen (secondary N) is 1. The van der Waals surface area contributed by atoms with Crippen molar-refractivity contribution in [2.45, 2.75) is 6.92 Å². The molecule has 6 nitrogen and oxygen atoms in total. The maximum atomic E-state index is 12.1. The van der Waals surface area contributed by atoms with E-state index >= 15 is 0 Å². The molecule has 0 heterocycles. The van der Waals surface area contributed by atoms with E-state index in [2.05, 4.69) is 5.32 Å². The van der Waals surface area contributed by atoms with Gasteiger partial charge < -0.3 is 10.4 Å². The lowest BCUT2D eigenvalue weighted by Crippen LogP contribution is -2.14. The number of amides is 1. The van der Waals surface area contributed by atoms with E-state index in [9.17, 15) is 20.0 Å². The van der Waals surface area contributed by atoms with Crippen LogP contribution < -0.4 is 5.32 Å². The van der Waals surface area contributed by atoms with Gasteiger partial charge in [-0.15, -0.1) is 0 Å². The number of halogens is 1. The number of hydrogen-bond acceptors (Lipinski definition) is 4. The first-order chi connectivity index (χ1) is 9.88. The van der Waals surface area contributed by atoms with Gasteiger partial charge >= 0.3 is 0 Å². The first-order valence-electron chi connectivity index (χ1n) is 5.93. The minimum absolute atomic E-state index is 0.111. The molecule has 0 aliphatic heterocycles. The van der Waals surface area contributed by atoms with Gasteiger partial charge in [-0.3, -0.25) is 14.9 Å². The predicted molar refractivity (Wildman–Crippen MR) is 78.9 cm³/mol. The largest absolute Gasteiger partial charge is 0.506 e. The van der Waals surface area contributed by atoms with Crippen molar-refractivity contribution in [3.05, 3.63) is 62.7 Å². The van der Waals surface area contributed by atoms with E-state index in [1.165, 1.54) is 24.3 Å². The van der Waals surface area contributed by atoms with Gasteiger partial charge in [-0.25, -0.2) is 0 Å². The SMILES string of the molecule is Cc1ccc(NC(=O)c2ccc(Cl)cc2[N+](=O)[O-])c(O)c1. The summed E-state index contributed by atoms with van der Waals surface area (Å²) >= 11 is 5.69. The Balaban J connectivity index is 2.34. The third-order valence-electron chi connectivity index (χ3n) is 2.80. The summed E-state index contributed by atoms with van der Waals surface area (Å²) in [5.41, 5.74) is 0.466. The first-order valence-corrected chi connectivity index (χ1v) is 6.31.